The molecule has 0 aliphatic heterocycles. The first-order chi connectivity index (χ1) is 3.43. The van der Waals surface area contributed by atoms with Gasteiger partial charge in [0.1, 0.15) is 0 Å². The summed E-state index contributed by atoms with van der Waals surface area (Å²) in [4.78, 5) is 0. The van der Waals surface area contributed by atoms with Gasteiger partial charge in [0.2, 0.25) is 0 Å². The second-order valence-electron chi connectivity index (χ2n) is 1.47. The van der Waals surface area contributed by atoms with Gasteiger partial charge in [-0.3, -0.25) is 0 Å². The number of halogens is 1. The molecule has 0 atom stereocenters. The van der Waals surface area contributed by atoms with Crippen molar-refractivity contribution >= 4 is 11.6 Å². The zero-order valence-corrected chi connectivity index (χ0v) is 7.56. The van der Waals surface area contributed by atoms with E-state index in [9.17, 15) is 0 Å². The fourth-order valence-electron chi connectivity index (χ4n) is 0.533. The molecule has 0 aromatic rings. The molecule has 0 spiro atoms. The van der Waals surface area contributed by atoms with Gasteiger partial charge < -0.3 is 0 Å². The second kappa shape index (κ2) is 4.52. The van der Waals surface area contributed by atoms with Crippen molar-refractivity contribution in [1.82, 2.24) is 0 Å². The fourth-order valence-corrected chi connectivity index (χ4v) is 0.701. The van der Waals surface area contributed by atoms with Crippen LogP contribution in [-0.4, -0.2) is 0 Å². The van der Waals surface area contributed by atoms with E-state index in [-0.39, 0.29) is 26.2 Å². The number of rotatable bonds is 1. The van der Waals surface area contributed by atoms with E-state index in [2.05, 4.69) is 0 Å². The first-order valence-corrected chi connectivity index (χ1v) is 2.65. The Morgan fingerprint density at radius 1 is 1.25 bits per heavy atom. The Bertz CT molecular complexity index is 95.1. The van der Waals surface area contributed by atoms with E-state index < -0.39 is 0 Å². The smallest absolute Gasteiger partial charge is 0.0605 e. The molecule has 0 unspecified atom stereocenters. The van der Waals surface area contributed by atoms with Crippen LogP contribution in [0.5, 0.6) is 0 Å². The van der Waals surface area contributed by atoms with Gasteiger partial charge in [-0.05, 0) is 0 Å². The molecule has 0 bridgehead atoms. The molecule has 8 heavy (non-hydrogen) atoms. The zero-order valence-electron chi connectivity index (χ0n) is 4.34. The summed E-state index contributed by atoms with van der Waals surface area (Å²) in [5.74, 6) is 2.02. The molecule has 0 heterocycles. The summed E-state index contributed by atoms with van der Waals surface area (Å²) in [5.41, 5.74) is 0. The minimum Gasteiger partial charge on any atom is -0.120 e. The molecule has 0 saturated heterocycles. The Hall–Kier alpha value is 0.653. The van der Waals surface area contributed by atoms with Crippen LogP contribution in [0.4, 0.5) is 0 Å². The number of allylic oxidation sites excluding steroid dienone is 4. The van der Waals surface area contributed by atoms with E-state index in [0.717, 1.165) is 0 Å². The van der Waals surface area contributed by atoms with Gasteiger partial charge in [-0.1, -0.05) is 24.3 Å². The average Bonchev–Trinajstić information content (AvgIpc) is 2.14. The van der Waals surface area contributed by atoms with Gasteiger partial charge in [0.15, 0.2) is 0 Å². The van der Waals surface area contributed by atoms with Crippen LogP contribution in [0.1, 0.15) is 0 Å². The maximum atomic E-state index is 5.38. The van der Waals surface area contributed by atoms with Crippen molar-refractivity contribution in [3.8, 4) is 0 Å². The Balaban J connectivity index is 0.000000490. The molecule has 0 nitrogen and oxygen atoms in total. The molecule has 0 amide bonds. The number of hydrogen-bond acceptors (Lipinski definition) is 0. The van der Waals surface area contributed by atoms with Gasteiger partial charge in [-0.15, -0.1) is 11.6 Å². The molecule has 0 aromatic heterocycles. The molecule has 2 heteroatoms. The van der Waals surface area contributed by atoms with Crippen LogP contribution >= 0.6 is 11.6 Å². The van der Waals surface area contributed by atoms with Crippen LogP contribution in [0.25, 0.3) is 0 Å². The Labute approximate surface area is 73.7 Å². The van der Waals surface area contributed by atoms with E-state index in [1.807, 2.05) is 24.3 Å². The first-order valence-electron chi connectivity index (χ1n) is 2.22. The topological polar surface area (TPSA) is 0 Å². The second-order valence-corrected chi connectivity index (χ2v) is 1.73. The van der Waals surface area contributed by atoms with Gasteiger partial charge in [-0.2, -0.15) is 0 Å². The maximum Gasteiger partial charge on any atom is 0.0605 e. The standard InChI is InChI=1S/C6H6Cl.Zr/c7-5-6-3-1-2-4-6;/h1-6H;. The van der Waals surface area contributed by atoms with Crippen molar-refractivity contribution in [3.05, 3.63) is 30.2 Å². The van der Waals surface area contributed by atoms with E-state index in [1.54, 1.807) is 5.88 Å². The Morgan fingerprint density at radius 3 is 2.00 bits per heavy atom. The van der Waals surface area contributed by atoms with E-state index >= 15 is 0 Å². The van der Waals surface area contributed by atoms with E-state index in [4.69, 9.17) is 11.6 Å². The molecule has 1 radical (unpaired) electrons. The van der Waals surface area contributed by atoms with Gasteiger partial charge in [0.05, 0.1) is 5.88 Å². The molecule has 1 rings (SSSR count). The third-order valence-corrected chi connectivity index (χ3v) is 1.21. The van der Waals surface area contributed by atoms with Crippen molar-refractivity contribution < 1.29 is 26.2 Å². The van der Waals surface area contributed by atoms with Crippen molar-refractivity contribution in [2.75, 3.05) is 0 Å². The minimum absolute atomic E-state index is 0. The van der Waals surface area contributed by atoms with Crippen molar-refractivity contribution in [2.45, 2.75) is 0 Å². The third-order valence-electron chi connectivity index (χ3n) is 0.923. The molecular formula is C6H6ClZr. The molecule has 1 aliphatic carbocycles. The van der Waals surface area contributed by atoms with Crippen LogP contribution in [0, 0.1) is 11.8 Å². The predicted octanol–water partition coefficient (Wildman–Crippen LogP) is 2.13. The first kappa shape index (κ1) is 8.65. The quantitative estimate of drug-likeness (QED) is 0.614. The zero-order chi connectivity index (χ0) is 5.11. The van der Waals surface area contributed by atoms with Crippen molar-refractivity contribution in [3.63, 3.8) is 0 Å². The fraction of sp³-hybridized carbons (Fsp3) is 0.167. The molecule has 0 saturated carbocycles. The minimum atomic E-state index is 0. The molecule has 41 valence electrons. The largest absolute Gasteiger partial charge is 0.120 e. The van der Waals surface area contributed by atoms with Crippen molar-refractivity contribution in [1.29, 1.82) is 0 Å². The van der Waals surface area contributed by atoms with Gasteiger partial charge in [0.25, 0.3) is 0 Å². The van der Waals surface area contributed by atoms with Crippen molar-refractivity contribution in [2.24, 2.45) is 5.92 Å². The molecule has 0 fully saturated rings. The molecule has 0 N–H and O–H groups in total. The summed E-state index contributed by atoms with van der Waals surface area (Å²) in [6.07, 6.45) is 8.05. The third kappa shape index (κ3) is 2.28. The summed E-state index contributed by atoms with van der Waals surface area (Å²) < 4.78 is 0. The Kier molecular flexibility index (Phi) is 4.89. The van der Waals surface area contributed by atoms with E-state index in [1.165, 1.54) is 0 Å². The van der Waals surface area contributed by atoms with E-state index in [0.29, 0.717) is 5.92 Å². The van der Waals surface area contributed by atoms with Crippen LogP contribution < -0.4 is 0 Å². The summed E-state index contributed by atoms with van der Waals surface area (Å²) in [7, 11) is 0. The van der Waals surface area contributed by atoms with Crippen LogP contribution in [0.3, 0.4) is 0 Å². The normalized spacial score (nSPS) is 16.6. The molecule has 1 aliphatic rings. The monoisotopic (exact) mass is 203 g/mol. The average molecular weight is 205 g/mol. The van der Waals surface area contributed by atoms with Gasteiger partial charge in [-0.25, -0.2) is 0 Å². The van der Waals surface area contributed by atoms with Crippen LogP contribution in [0.15, 0.2) is 24.3 Å². The summed E-state index contributed by atoms with van der Waals surface area (Å²) >= 11 is 5.38. The van der Waals surface area contributed by atoms with Gasteiger partial charge >= 0.3 is 0 Å². The predicted molar refractivity (Wildman–Crippen MR) is 31.9 cm³/mol. The van der Waals surface area contributed by atoms with Crippen LogP contribution in [-0.2, 0) is 26.2 Å². The summed E-state index contributed by atoms with van der Waals surface area (Å²) in [6.45, 7) is 0. The number of hydrogen-bond donors (Lipinski definition) is 0. The van der Waals surface area contributed by atoms with Gasteiger partial charge in [0, 0.05) is 32.1 Å². The Morgan fingerprint density at radius 2 is 1.75 bits per heavy atom. The summed E-state index contributed by atoms with van der Waals surface area (Å²) in [5, 5.41) is 0. The molecule has 0 aromatic carbocycles. The maximum absolute atomic E-state index is 5.38. The molecular weight excluding hydrogens is 199 g/mol. The van der Waals surface area contributed by atoms with Crippen LogP contribution in [0.2, 0.25) is 0 Å². The summed E-state index contributed by atoms with van der Waals surface area (Å²) in [6, 6.07) is 0. The SMILES string of the molecule is Cl[CH]C1C=CC=C1.[Zr].